The molecule has 0 fully saturated rings. The van der Waals surface area contributed by atoms with E-state index in [2.05, 4.69) is 20.6 Å². The van der Waals surface area contributed by atoms with E-state index in [0.29, 0.717) is 12.4 Å². The minimum Gasteiger partial charge on any atom is -0.377 e. The normalized spacial score (nSPS) is 10.4. The molecule has 0 aliphatic carbocycles. The molecule has 21 heavy (non-hydrogen) atoms. The molecule has 1 aromatic carbocycles. The van der Waals surface area contributed by atoms with Crippen molar-refractivity contribution in [3.63, 3.8) is 0 Å². The first kappa shape index (κ1) is 15.5. The molecule has 0 atom stereocenters. The lowest BCUT2D eigenvalue weighted by Gasteiger charge is -2.09. The third-order valence-electron chi connectivity index (χ3n) is 2.94. The maximum atomic E-state index is 5.87. The maximum absolute atomic E-state index is 5.87. The Kier molecular flexibility index (Phi) is 5.78. The Bertz CT molecular complexity index is 574. The zero-order valence-corrected chi connectivity index (χ0v) is 12.9. The second-order valence-electron chi connectivity index (χ2n) is 4.54. The molecule has 0 amide bonds. The predicted octanol–water partition coefficient (Wildman–Crippen LogP) is 2.97. The van der Waals surface area contributed by atoms with E-state index in [9.17, 15) is 0 Å². The second-order valence-corrected chi connectivity index (χ2v) is 4.98. The molecule has 0 saturated heterocycles. The molecule has 5 nitrogen and oxygen atoms in total. The minimum absolute atomic E-state index is 0.390. The number of rotatable bonds is 7. The van der Waals surface area contributed by atoms with Gasteiger partial charge in [0.2, 0.25) is 0 Å². The van der Waals surface area contributed by atoms with Gasteiger partial charge in [0.25, 0.3) is 0 Å². The minimum atomic E-state index is 0.390. The molecule has 2 aromatic rings. The smallest absolute Gasteiger partial charge is 0.158 e. The Labute approximate surface area is 129 Å². The van der Waals surface area contributed by atoms with Crippen LogP contribution in [0.15, 0.2) is 30.3 Å². The lowest BCUT2D eigenvalue weighted by Crippen LogP contribution is -2.10. The fourth-order valence-electron chi connectivity index (χ4n) is 1.90. The van der Waals surface area contributed by atoms with Gasteiger partial charge in [0.15, 0.2) is 5.82 Å². The highest BCUT2D eigenvalue weighted by Crippen LogP contribution is 2.13. The van der Waals surface area contributed by atoms with Crippen LogP contribution in [0, 0.1) is 0 Å². The molecular formula is C15H19ClN4O. The number of nitrogens with one attached hydrogen (secondary N) is 2. The van der Waals surface area contributed by atoms with E-state index in [1.165, 1.54) is 5.56 Å². The number of halogens is 1. The first-order valence-electron chi connectivity index (χ1n) is 6.74. The average molecular weight is 307 g/mol. The topological polar surface area (TPSA) is 59.1 Å². The van der Waals surface area contributed by atoms with Crippen LogP contribution >= 0.6 is 11.6 Å². The molecule has 1 heterocycles. The molecular weight excluding hydrogens is 288 g/mol. The Morgan fingerprint density at radius 3 is 2.52 bits per heavy atom. The molecule has 0 aliphatic rings. The quantitative estimate of drug-likeness (QED) is 0.823. The number of methoxy groups -OCH3 is 1. The molecule has 0 radical (unpaired) electrons. The van der Waals surface area contributed by atoms with Crippen molar-refractivity contribution in [3.8, 4) is 0 Å². The summed E-state index contributed by atoms with van der Waals surface area (Å²) >= 11 is 5.87. The number of ether oxygens (including phenoxy) is 1. The second kappa shape index (κ2) is 7.81. The SMILES string of the molecule is CNc1cc(NCCc2ccc(Cl)cc2)nc(COC)n1. The number of benzene rings is 1. The third-order valence-corrected chi connectivity index (χ3v) is 3.19. The van der Waals surface area contributed by atoms with E-state index in [0.717, 1.165) is 29.6 Å². The van der Waals surface area contributed by atoms with Crippen molar-refractivity contribution in [2.45, 2.75) is 13.0 Å². The van der Waals surface area contributed by atoms with Crippen LogP contribution in [0.2, 0.25) is 5.02 Å². The van der Waals surface area contributed by atoms with Gasteiger partial charge < -0.3 is 15.4 Å². The summed E-state index contributed by atoms with van der Waals surface area (Å²) in [4.78, 5) is 8.72. The van der Waals surface area contributed by atoms with Gasteiger partial charge in [-0.15, -0.1) is 0 Å². The van der Waals surface area contributed by atoms with Gasteiger partial charge in [0.1, 0.15) is 18.2 Å². The van der Waals surface area contributed by atoms with E-state index in [1.807, 2.05) is 37.4 Å². The number of hydrogen-bond donors (Lipinski definition) is 2. The molecule has 0 spiro atoms. The van der Waals surface area contributed by atoms with Crippen LogP contribution in [0.1, 0.15) is 11.4 Å². The summed E-state index contributed by atoms with van der Waals surface area (Å²) in [6.07, 6.45) is 0.898. The van der Waals surface area contributed by atoms with E-state index in [1.54, 1.807) is 7.11 Å². The number of hydrogen-bond acceptors (Lipinski definition) is 5. The summed E-state index contributed by atoms with van der Waals surface area (Å²) in [6, 6.07) is 9.73. The van der Waals surface area contributed by atoms with Crippen LogP contribution in [-0.4, -0.2) is 30.7 Å². The number of anilines is 2. The van der Waals surface area contributed by atoms with Crippen molar-refractivity contribution in [2.75, 3.05) is 31.3 Å². The molecule has 112 valence electrons. The summed E-state index contributed by atoms with van der Waals surface area (Å²) in [5.74, 6) is 2.21. The first-order chi connectivity index (χ1) is 10.2. The molecule has 0 unspecified atom stereocenters. The average Bonchev–Trinajstić information content (AvgIpc) is 2.49. The van der Waals surface area contributed by atoms with Crippen LogP contribution in [0.25, 0.3) is 0 Å². The van der Waals surface area contributed by atoms with E-state index in [4.69, 9.17) is 16.3 Å². The van der Waals surface area contributed by atoms with Crippen LogP contribution in [0.5, 0.6) is 0 Å². The highest BCUT2D eigenvalue weighted by Gasteiger charge is 2.03. The largest absolute Gasteiger partial charge is 0.377 e. The summed E-state index contributed by atoms with van der Waals surface area (Å²) in [5, 5.41) is 7.08. The van der Waals surface area contributed by atoms with Crippen LogP contribution in [-0.2, 0) is 17.8 Å². The van der Waals surface area contributed by atoms with Gasteiger partial charge >= 0.3 is 0 Å². The zero-order chi connectivity index (χ0) is 15.1. The lowest BCUT2D eigenvalue weighted by molar-refractivity contribution is 0.178. The van der Waals surface area contributed by atoms with Gasteiger partial charge in [-0.05, 0) is 24.1 Å². The Morgan fingerprint density at radius 1 is 1.14 bits per heavy atom. The summed E-state index contributed by atoms with van der Waals surface area (Å²) in [7, 11) is 3.46. The maximum Gasteiger partial charge on any atom is 0.158 e. The van der Waals surface area contributed by atoms with Crippen LogP contribution < -0.4 is 10.6 Å². The van der Waals surface area contributed by atoms with E-state index in [-0.39, 0.29) is 0 Å². The Balaban J connectivity index is 1.95. The molecule has 2 rings (SSSR count). The molecule has 0 aliphatic heterocycles. The third kappa shape index (κ3) is 4.88. The van der Waals surface area contributed by atoms with Crippen LogP contribution in [0.3, 0.4) is 0 Å². The lowest BCUT2D eigenvalue weighted by atomic mass is 10.1. The van der Waals surface area contributed by atoms with Crippen molar-refractivity contribution < 1.29 is 4.74 Å². The number of aromatic nitrogens is 2. The number of nitrogens with zero attached hydrogens (tertiary/aromatic N) is 2. The van der Waals surface area contributed by atoms with Crippen molar-refractivity contribution in [1.29, 1.82) is 0 Å². The highest BCUT2D eigenvalue weighted by atomic mass is 35.5. The first-order valence-corrected chi connectivity index (χ1v) is 7.12. The zero-order valence-electron chi connectivity index (χ0n) is 12.2. The Morgan fingerprint density at radius 2 is 1.86 bits per heavy atom. The van der Waals surface area contributed by atoms with Crippen molar-refractivity contribution in [3.05, 3.63) is 46.7 Å². The molecule has 0 saturated carbocycles. The predicted molar refractivity (Wildman–Crippen MR) is 85.9 cm³/mol. The van der Waals surface area contributed by atoms with Crippen molar-refractivity contribution >= 4 is 23.2 Å². The molecule has 0 bridgehead atoms. The van der Waals surface area contributed by atoms with Gasteiger partial charge in [-0.3, -0.25) is 0 Å². The highest BCUT2D eigenvalue weighted by molar-refractivity contribution is 6.30. The summed E-state index contributed by atoms with van der Waals surface area (Å²) < 4.78 is 5.07. The molecule has 6 heteroatoms. The molecule has 1 aromatic heterocycles. The summed E-state index contributed by atoms with van der Waals surface area (Å²) in [5.41, 5.74) is 1.23. The summed E-state index contributed by atoms with van der Waals surface area (Å²) in [6.45, 7) is 1.18. The van der Waals surface area contributed by atoms with Crippen molar-refractivity contribution in [2.24, 2.45) is 0 Å². The van der Waals surface area contributed by atoms with Crippen LogP contribution in [0.4, 0.5) is 11.6 Å². The Hall–Kier alpha value is -1.85. The van der Waals surface area contributed by atoms with Crippen molar-refractivity contribution in [1.82, 2.24) is 9.97 Å². The van der Waals surface area contributed by atoms with E-state index < -0.39 is 0 Å². The fraction of sp³-hybridized carbons (Fsp3) is 0.333. The van der Waals surface area contributed by atoms with Gasteiger partial charge in [-0.1, -0.05) is 23.7 Å². The molecule has 2 N–H and O–H groups in total. The van der Waals surface area contributed by atoms with Gasteiger partial charge in [-0.2, -0.15) is 0 Å². The van der Waals surface area contributed by atoms with E-state index >= 15 is 0 Å². The van der Waals surface area contributed by atoms with Gasteiger partial charge in [0.05, 0.1) is 0 Å². The monoisotopic (exact) mass is 306 g/mol. The fourth-order valence-corrected chi connectivity index (χ4v) is 2.02. The standard InChI is InChI=1S/C15H19ClN4O/c1-17-13-9-14(20-15(19-13)10-21-2)18-8-7-11-3-5-12(16)6-4-11/h3-6,9H,7-8,10H2,1-2H3,(H2,17,18,19,20). The van der Waals surface area contributed by atoms with Gasteiger partial charge in [0, 0.05) is 31.8 Å². The van der Waals surface area contributed by atoms with Gasteiger partial charge in [-0.25, -0.2) is 9.97 Å².